The normalized spacial score (nSPS) is 11.9. The molecule has 12 heteroatoms. The summed E-state index contributed by atoms with van der Waals surface area (Å²) in [5.74, 6) is -3.40. The zero-order chi connectivity index (χ0) is 16.4. The summed E-state index contributed by atoms with van der Waals surface area (Å²) in [5, 5.41) is 10.8. The highest BCUT2D eigenvalue weighted by Crippen LogP contribution is 2.29. The van der Waals surface area contributed by atoms with Gasteiger partial charge >= 0.3 is 0 Å². The lowest BCUT2D eigenvalue weighted by molar-refractivity contribution is -0.385. The molecule has 1 rings (SSSR count). The zero-order valence-electron chi connectivity index (χ0n) is 11.2. The molecular formula is C10H13BrClF2N3O4S. The lowest BCUT2D eigenvalue weighted by Crippen LogP contribution is -2.41. The molecule has 0 radical (unpaired) electrons. The maximum absolute atomic E-state index is 13.0. The van der Waals surface area contributed by atoms with Gasteiger partial charge < -0.3 is 5.73 Å². The van der Waals surface area contributed by atoms with Crippen LogP contribution >= 0.6 is 28.3 Å². The Labute approximate surface area is 140 Å². The van der Waals surface area contributed by atoms with Gasteiger partial charge in [-0.3, -0.25) is 10.1 Å². The van der Waals surface area contributed by atoms with Gasteiger partial charge in [0.05, 0.1) is 22.9 Å². The highest BCUT2D eigenvalue weighted by atomic mass is 79.9. The third kappa shape index (κ3) is 5.09. The highest BCUT2D eigenvalue weighted by molar-refractivity contribution is 9.10. The fraction of sp³-hybridized carbons (Fsp3) is 0.400. The van der Waals surface area contributed by atoms with Crippen LogP contribution < -0.4 is 10.5 Å². The molecule has 0 unspecified atom stereocenters. The number of rotatable bonds is 6. The first-order valence-electron chi connectivity index (χ1n) is 5.52. The molecule has 0 saturated heterocycles. The average Bonchev–Trinajstić information content (AvgIpc) is 2.39. The van der Waals surface area contributed by atoms with Gasteiger partial charge in [0, 0.05) is 16.1 Å². The number of alkyl halides is 2. The van der Waals surface area contributed by atoms with E-state index in [9.17, 15) is 27.3 Å². The van der Waals surface area contributed by atoms with Crippen molar-refractivity contribution in [2.75, 3.05) is 13.1 Å². The summed E-state index contributed by atoms with van der Waals surface area (Å²) in [4.78, 5) is 9.61. The van der Waals surface area contributed by atoms with E-state index in [1.54, 1.807) is 4.72 Å². The van der Waals surface area contributed by atoms with Crippen LogP contribution in [0.5, 0.6) is 0 Å². The number of hydrogen-bond acceptors (Lipinski definition) is 5. The quantitative estimate of drug-likeness (QED) is 0.535. The van der Waals surface area contributed by atoms with Crippen molar-refractivity contribution >= 4 is 44.0 Å². The van der Waals surface area contributed by atoms with Gasteiger partial charge in [0.2, 0.25) is 10.0 Å². The summed E-state index contributed by atoms with van der Waals surface area (Å²) in [6, 6.07) is 1.91. The van der Waals surface area contributed by atoms with Gasteiger partial charge in [0.15, 0.2) is 0 Å². The standard InChI is InChI=1S/C10H12BrF2N3O4S.ClH/c1-6-8(11)2-7(3-9(6)16(17)18)21(19,20)15-5-10(12,13)4-14;/h2-3,15H,4-5,14H2,1H3;1H. The van der Waals surface area contributed by atoms with Gasteiger partial charge in [-0.1, -0.05) is 15.9 Å². The van der Waals surface area contributed by atoms with Crippen molar-refractivity contribution in [1.29, 1.82) is 0 Å². The third-order valence-corrected chi connectivity index (χ3v) is 4.82. The molecule has 1 aromatic rings. The molecule has 126 valence electrons. The second-order valence-corrected chi connectivity index (χ2v) is 6.81. The fourth-order valence-corrected chi connectivity index (χ4v) is 3.05. The molecule has 22 heavy (non-hydrogen) atoms. The molecule has 0 bridgehead atoms. The molecule has 1 aromatic carbocycles. The summed E-state index contributed by atoms with van der Waals surface area (Å²) < 4.78 is 51.6. The van der Waals surface area contributed by atoms with Crippen molar-refractivity contribution in [2.24, 2.45) is 5.73 Å². The van der Waals surface area contributed by atoms with Crippen molar-refractivity contribution in [1.82, 2.24) is 4.72 Å². The first kappa shape index (κ1) is 21.1. The van der Waals surface area contributed by atoms with Crippen molar-refractivity contribution in [2.45, 2.75) is 17.7 Å². The Morgan fingerprint density at radius 2 is 2.00 bits per heavy atom. The van der Waals surface area contributed by atoms with E-state index in [1.807, 2.05) is 0 Å². The number of nitrogens with one attached hydrogen (secondary N) is 1. The second-order valence-electron chi connectivity index (χ2n) is 4.19. The summed E-state index contributed by atoms with van der Waals surface area (Å²) in [7, 11) is -4.32. The number of nitro groups is 1. The van der Waals surface area contributed by atoms with Crippen LogP contribution in [0.15, 0.2) is 21.5 Å². The van der Waals surface area contributed by atoms with E-state index in [1.165, 1.54) is 6.92 Å². The van der Waals surface area contributed by atoms with Crippen molar-refractivity contribution < 1.29 is 22.1 Å². The summed E-state index contributed by atoms with van der Waals surface area (Å²) in [5.41, 5.74) is 4.59. The molecular weight excluding hydrogens is 412 g/mol. The number of nitro benzene ring substituents is 1. The minimum Gasteiger partial charge on any atom is -0.325 e. The van der Waals surface area contributed by atoms with Crippen LogP contribution in [-0.2, 0) is 10.0 Å². The number of halogens is 4. The molecule has 3 N–H and O–H groups in total. The predicted molar refractivity (Wildman–Crippen MR) is 82.0 cm³/mol. The predicted octanol–water partition coefficient (Wildman–Crippen LogP) is 1.96. The zero-order valence-corrected chi connectivity index (χ0v) is 14.4. The van der Waals surface area contributed by atoms with Crippen LogP contribution in [0.2, 0.25) is 0 Å². The van der Waals surface area contributed by atoms with Crippen molar-refractivity contribution in [3.8, 4) is 0 Å². The molecule has 0 amide bonds. The fourth-order valence-electron chi connectivity index (χ4n) is 1.34. The Hall–Kier alpha value is -0.880. The summed E-state index contributed by atoms with van der Waals surface area (Å²) >= 11 is 3.00. The van der Waals surface area contributed by atoms with Crippen molar-refractivity contribution in [3.63, 3.8) is 0 Å². The van der Waals surface area contributed by atoms with E-state index >= 15 is 0 Å². The summed E-state index contributed by atoms with van der Waals surface area (Å²) in [6.07, 6.45) is 0. The Balaban J connectivity index is 0.00000441. The van der Waals surface area contributed by atoms with E-state index < -0.39 is 44.5 Å². The maximum atomic E-state index is 13.0. The Morgan fingerprint density at radius 3 is 2.45 bits per heavy atom. The topological polar surface area (TPSA) is 115 Å². The number of hydrogen-bond donors (Lipinski definition) is 2. The molecule has 0 aliphatic rings. The first-order valence-corrected chi connectivity index (χ1v) is 7.80. The van der Waals surface area contributed by atoms with Crippen LogP contribution in [0.4, 0.5) is 14.5 Å². The van der Waals surface area contributed by atoms with Gasteiger partial charge in [0.1, 0.15) is 0 Å². The molecule has 0 fully saturated rings. The molecule has 0 heterocycles. The molecule has 0 atom stereocenters. The van der Waals surface area contributed by atoms with E-state index in [2.05, 4.69) is 15.9 Å². The van der Waals surface area contributed by atoms with Crippen LogP contribution in [0.1, 0.15) is 5.56 Å². The van der Waals surface area contributed by atoms with E-state index in [-0.39, 0.29) is 22.4 Å². The van der Waals surface area contributed by atoms with Crippen LogP contribution in [-0.4, -0.2) is 32.4 Å². The lowest BCUT2D eigenvalue weighted by Gasteiger charge is -2.15. The molecule has 0 saturated carbocycles. The molecule has 0 spiro atoms. The largest absolute Gasteiger partial charge is 0.325 e. The minimum absolute atomic E-state index is 0. The number of sulfonamides is 1. The van der Waals surface area contributed by atoms with Crippen molar-refractivity contribution in [3.05, 3.63) is 32.3 Å². The molecule has 0 aliphatic heterocycles. The van der Waals surface area contributed by atoms with Crippen LogP contribution in [0.25, 0.3) is 0 Å². The Morgan fingerprint density at radius 1 is 1.45 bits per heavy atom. The maximum Gasteiger partial charge on any atom is 0.274 e. The van der Waals surface area contributed by atoms with E-state index in [0.29, 0.717) is 0 Å². The Bertz CT molecular complexity index is 672. The monoisotopic (exact) mass is 423 g/mol. The molecule has 7 nitrogen and oxygen atoms in total. The van der Waals surface area contributed by atoms with Gasteiger partial charge in [-0.05, 0) is 13.0 Å². The molecule has 0 aliphatic carbocycles. The average molecular weight is 425 g/mol. The van der Waals surface area contributed by atoms with Gasteiger partial charge in [-0.25, -0.2) is 21.9 Å². The van der Waals surface area contributed by atoms with Gasteiger partial charge in [-0.2, -0.15) is 0 Å². The SMILES string of the molecule is Cc1c(Br)cc(S(=O)(=O)NCC(F)(F)CN)cc1[N+](=O)[O-].Cl. The smallest absolute Gasteiger partial charge is 0.274 e. The number of nitrogens with two attached hydrogens (primary N) is 1. The van der Waals surface area contributed by atoms with Crippen LogP contribution in [0.3, 0.4) is 0 Å². The van der Waals surface area contributed by atoms with E-state index in [4.69, 9.17) is 5.73 Å². The minimum atomic E-state index is -4.32. The number of nitrogens with zero attached hydrogens (tertiary/aromatic N) is 1. The second kappa shape index (κ2) is 7.59. The van der Waals surface area contributed by atoms with Crippen LogP contribution in [0, 0.1) is 17.0 Å². The van der Waals surface area contributed by atoms with E-state index in [0.717, 1.165) is 12.1 Å². The van der Waals surface area contributed by atoms with Gasteiger partial charge in [-0.15, -0.1) is 12.4 Å². The highest BCUT2D eigenvalue weighted by Gasteiger charge is 2.30. The first-order chi connectivity index (χ1) is 9.50. The number of benzene rings is 1. The molecule has 0 aromatic heterocycles. The Kier molecular flexibility index (Phi) is 7.29. The third-order valence-electron chi connectivity index (χ3n) is 2.62. The lowest BCUT2D eigenvalue weighted by atomic mass is 10.2. The summed E-state index contributed by atoms with van der Waals surface area (Å²) in [6.45, 7) is -0.785. The van der Waals surface area contributed by atoms with Gasteiger partial charge in [0.25, 0.3) is 11.6 Å².